The first kappa shape index (κ1) is 22.5. The van der Waals surface area contributed by atoms with Gasteiger partial charge in [-0.2, -0.15) is 0 Å². The molecule has 1 fully saturated rings. The Bertz CT molecular complexity index is 949. The van der Waals surface area contributed by atoms with Gasteiger partial charge < -0.3 is 20.9 Å². The highest BCUT2D eigenvalue weighted by molar-refractivity contribution is 5.87. The van der Waals surface area contributed by atoms with E-state index in [0.717, 1.165) is 56.0 Å². The van der Waals surface area contributed by atoms with Gasteiger partial charge in [0.15, 0.2) is 0 Å². The van der Waals surface area contributed by atoms with Crippen LogP contribution in [0.4, 0.5) is 11.5 Å². The maximum atomic E-state index is 11.6. The van der Waals surface area contributed by atoms with Gasteiger partial charge in [-0.05, 0) is 50.3 Å². The van der Waals surface area contributed by atoms with Crippen LogP contribution < -0.4 is 10.6 Å². The largest absolute Gasteiger partial charge is 0.398 e. The summed E-state index contributed by atoms with van der Waals surface area (Å²) in [5.41, 5.74) is 10.7. The fourth-order valence-corrected chi connectivity index (χ4v) is 4.06. The summed E-state index contributed by atoms with van der Waals surface area (Å²) in [6.45, 7) is 11.0. The Morgan fingerprint density at radius 1 is 1.26 bits per heavy atom. The van der Waals surface area contributed by atoms with Gasteiger partial charge in [-0.1, -0.05) is 25.1 Å². The van der Waals surface area contributed by atoms with Crippen LogP contribution in [0.3, 0.4) is 0 Å². The lowest BCUT2D eigenvalue weighted by Gasteiger charge is -2.36. The highest BCUT2D eigenvalue weighted by Crippen LogP contribution is 2.30. The van der Waals surface area contributed by atoms with Crippen molar-refractivity contribution in [1.29, 1.82) is 5.41 Å². The van der Waals surface area contributed by atoms with Gasteiger partial charge in [0, 0.05) is 54.9 Å². The van der Waals surface area contributed by atoms with Crippen LogP contribution in [0.1, 0.15) is 35.7 Å². The fourth-order valence-electron chi connectivity index (χ4n) is 4.06. The summed E-state index contributed by atoms with van der Waals surface area (Å²) in [5.74, 6) is 1.80. The number of aryl methyl sites for hydroxylation is 2. The van der Waals surface area contributed by atoms with Gasteiger partial charge in [0.05, 0.1) is 0 Å². The lowest BCUT2D eigenvalue weighted by molar-refractivity contribution is -0.126. The first-order chi connectivity index (χ1) is 14.9. The van der Waals surface area contributed by atoms with Gasteiger partial charge in [-0.15, -0.1) is 0 Å². The van der Waals surface area contributed by atoms with Crippen molar-refractivity contribution >= 4 is 23.6 Å². The van der Waals surface area contributed by atoms with Crippen molar-refractivity contribution in [3.8, 4) is 0 Å². The number of nitrogens with one attached hydrogen (secondary N) is 1. The van der Waals surface area contributed by atoms with Gasteiger partial charge >= 0.3 is 0 Å². The molecule has 1 unspecified atom stereocenters. The van der Waals surface area contributed by atoms with Gasteiger partial charge in [0.25, 0.3) is 0 Å². The molecule has 1 aliphatic heterocycles. The molecule has 1 amide bonds. The molecule has 1 aromatic carbocycles. The molecule has 31 heavy (non-hydrogen) atoms. The van der Waals surface area contributed by atoms with Gasteiger partial charge in [-0.25, -0.2) is 9.97 Å². The van der Waals surface area contributed by atoms with Gasteiger partial charge in [0.2, 0.25) is 5.91 Å². The zero-order valence-corrected chi connectivity index (χ0v) is 18.5. The van der Waals surface area contributed by atoms with E-state index in [0.29, 0.717) is 11.6 Å². The smallest absolute Gasteiger partial charge is 0.246 e. The van der Waals surface area contributed by atoms with E-state index in [-0.39, 0.29) is 5.91 Å². The molecule has 1 aliphatic carbocycles. The number of nitrogen functional groups attached to an aromatic ring is 1. The molecule has 3 N–H and O–H groups in total. The van der Waals surface area contributed by atoms with E-state index >= 15 is 0 Å². The van der Waals surface area contributed by atoms with Crippen molar-refractivity contribution in [2.45, 2.75) is 33.1 Å². The molecule has 4 rings (SSSR count). The van der Waals surface area contributed by atoms with Crippen molar-refractivity contribution < 1.29 is 4.79 Å². The molecular formula is C24H32N6O. The minimum atomic E-state index is 0.0213. The quantitative estimate of drug-likeness (QED) is 0.452. The SMILES string of the molecule is C=CC(=O)N1CCN(c2ncnc3c2CC(C)CC3)CC1.Cc1ccc(N)c(C=N)c1. The number of rotatable bonds is 3. The van der Waals surface area contributed by atoms with Crippen LogP contribution in [0.5, 0.6) is 0 Å². The summed E-state index contributed by atoms with van der Waals surface area (Å²) < 4.78 is 0. The lowest BCUT2D eigenvalue weighted by Crippen LogP contribution is -2.49. The van der Waals surface area contributed by atoms with Crippen LogP contribution in [-0.2, 0) is 17.6 Å². The van der Waals surface area contributed by atoms with E-state index in [1.54, 1.807) is 6.33 Å². The molecule has 0 spiro atoms. The number of piperazine rings is 1. The Labute approximate surface area is 184 Å². The van der Waals surface area contributed by atoms with Crippen LogP contribution >= 0.6 is 0 Å². The number of benzene rings is 1. The van der Waals surface area contributed by atoms with Crippen LogP contribution in [0.15, 0.2) is 37.2 Å². The molecule has 0 bridgehead atoms. The third kappa shape index (κ3) is 5.48. The number of amides is 1. The second-order valence-electron chi connectivity index (χ2n) is 8.26. The van der Waals surface area contributed by atoms with Crippen molar-refractivity contribution in [3.05, 3.63) is 59.6 Å². The number of carbonyl (C=O) groups is 1. The number of nitrogens with two attached hydrogens (primary N) is 1. The van der Waals surface area contributed by atoms with Gasteiger partial charge in [0.1, 0.15) is 12.1 Å². The molecule has 1 saturated heterocycles. The number of anilines is 2. The zero-order valence-electron chi connectivity index (χ0n) is 18.5. The Hall–Kier alpha value is -3.22. The predicted molar refractivity (Wildman–Crippen MR) is 126 cm³/mol. The first-order valence-electron chi connectivity index (χ1n) is 10.8. The number of hydrogen-bond donors (Lipinski definition) is 2. The van der Waals surface area contributed by atoms with Crippen molar-refractivity contribution in [2.75, 3.05) is 36.8 Å². The molecule has 7 heteroatoms. The average molecular weight is 421 g/mol. The standard InChI is InChI=1S/C16H22N4O.C8H10N2/c1-3-15(21)19-6-8-20(9-7-19)16-13-10-12(2)4-5-14(13)17-11-18-16;1-6-2-3-8(10)7(4-6)5-9/h3,11-12H,1,4-10H2,2H3;2-5,9H,10H2,1H3. The lowest BCUT2D eigenvalue weighted by atomic mass is 9.88. The Kier molecular flexibility index (Phi) is 7.39. The first-order valence-corrected chi connectivity index (χ1v) is 10.8. The maximum Gasteiger partial charge on any atom is 0.246 e. The summed E-state index contributed by atoms with van der Waals surface area (Å²) in [7, 11) is 0. The van der Waals surface area contributed by atoms with Crippen molar-refractivity contribution in [2.24, 2.45) is 5.92 Å². The van der Waals surface area contributed by atoms with E-state index < -0.39 is 0 Å². The van der Waals surface area contributed by atoms with E-state index in [9.17, 15) is 4.79 Å². The van der Waals surface area contributed by atoms with Crippen LogP contribution in [0, 0.1) is 18.3 Å². The molecule has 0 radical (unpaired) electrons. The molecule has 1 atom stereocenters. The molecule has 2 heterocycles. The Morgan fingerprint density at radius 2 is 2.00 bits per heavy atom. The Balaban J connectivity index is 0.000000229. The average Bonchev–Trinajstić information content (AvgIpc) is 2.80. The van der Waals surface area contributed by atoms with Crippen molar-refractivity contribution in [1.82, 2.24) is 14.9 Å². The molecule has 164 valence electrons. The number of aromatic nitrogens is 2. The van der Waals surface area contributed by atoms with Crippen LogP contribution in [-0.4, -0.2) is 53.2 Å². The topological polar surface area (TPSA) is 99.2 Å². The second kappa shape index (κ2) is 10.2. The number of fused-ring (bicyclic) bond motifs is 1. The van der Waals surface area contributed by atoms with E-state index in [2.05, 4.69) is 28.4 Å². The number of hydrogen-bond acceptors (Lipinski definition) is 6. The molecule has 2 aliphatic rings. The van der Waals surface area contributed by atoms with E-state index in [1.807, 2.05) is 30.0 Å². The monoisotopic (exact) mass is 420 g/mol. The minimum absolute atomic E-state index is 0.0213. The summed E-state index contributed by atoms with van der Waals surface area (Å²) >= 11 is 0. The highest BCUT2D eigenvalue weighted by atomic mass is 16.2. The molecule has 2 aromatic rings. The molecule has 0 saturated carbocycles. The van der Waals surface area contributed by atoms with Crippen LogP contribution in [0.2, 0.25) is 0 Å². The summed E-state index contributed by atoms with van der Waals surface area (Å²) in [6.07, 6.45) is 7.68. The normalized spacial score (nSPS) is 17.8. The number of carbonyl (C=O) groups excluding carboxylic acids is 1. The fraction of sp³-hybridized carbons (Fsp3) is 0.417. The van der Waals surface area contributed by atoms with Crippen molar-refractivity contribution in [3.63, 3.8) is 0 Å². The predicted octanol–water partition coefficient (Wildman–Crippen LogP) is 3.01. The molecular weight excluding hydrogens is 388 g/mol. The zero-order chi connectivity index (χ0) is 22.4. The maximum absolute atomic E-state index is 11.6. The molecule has 7 nitrogen and oxygen atoms in total. The summed E-state index contributed by atoms with van der Waals surface area (Å²) in [5, 5.41) is 6.98. The third-order valence-electron chi connectivity index (χ3n) is 5.90. The Morgan fingerprint density at radius 3 is 2.65 bits per heavy atom. The third-order valence-corrected chi connectivity index (χ3v) is 5.90. The summed E-state index contributed by atoms with van der Waals surface area (Å²) in [6, 6.07) is 5.64. The van der Waals surface area contributed by atoms with E-state index in [1.165, 1.54) is 30.0 Å². The second-order valence-corrected chi connectivity index (χ2v) is 8.26. The van der Waals surface area contributed by atoms with E-state index in [4.69, 9.17) is 11.1 Å². The van der Waals surface area contributed by atoms with Crippen LogP contribution in [0.25, 0.3) is 0 Å². The minimum Gasteiger partial charge on any atom is -0.398 e. The van der Waals surface area contributed by atoms with Gasteiger partial charge in [-0.3, -0.25) is 4.79 Å². The molecule has 1 aromatic heterocycles. The summed E-state index contributed by atoms with van der Waals surface area (Å²) in [4.78, 5) is 24.8. The highest BCUT2D eigenvalue weighted by Gasteiger charge is 2.26. The number of nitrogens with zero attached hydrogens (tertiary/aromatic N) is 4.